The summed E-state index contributed by atoms with van der Waals surface area (Å²) < 4.78 is 26.5. The number of carboxylic acids is 1. The van der Waals surface area contributed by atoms with Crippen molar-refractivity contribution < 1.29 is 79.3 Å². The van der Waals surface area contributed by atoms with Crippen LogP contribution in [0.15, 0.2) is 36.8 Å². The molecule has 97 heteroatoms. The van der Waals surface area contributed by atoms with Crippen LogP contribution in [0.2, 0.25) is 0 Å². The molecule has 3 fully saturated rings. The fourth-order valence-electron chi connectivity index (χ4n) is 9.31. The molecule has 2 amide bonds. The van der Waals surface area contributed by atoms with E-state index in [1.807, 2.05) is 36.6 Å². The van der Waals surface area contributed by atoms with Crippen molar-refractivity contribution in [2.24, 2.45) is 17.8 Å². The average molecular weight is 10900 g/mol. The van der Waals surface area contributed by atoms with E-state index in [1.165, 1.54) is 6.20 Å². The molecule has 147 heavy (non-hydrogen) atoms. The first-order valence-electron chi connectivity index (χ1n) is 34.7. The number of rotatable bonds is 51. The molecule has 0 aromatic carbocycles. The predicted octanol–water partition coefficient (Wildman–Crippen LogP) is 68.8. The Morgan fingerprint density at radius 2 is 0.503 bits per heavy atom. The number of amides is 2. The summed E-state index contributed by atoms with van der Waals surface area (Å²) in [5, 5.41) is 12.6. The molecule has 3 saturated heterocycles. The van der Waals surface area contributed by atoms with Gasteiger partial charge in [-0.25, -0.2) is 14.4 Å². The molecule has 0 spiro atoms. The molecule has 0 saturated carbocycles. The van der Waals surface area contributed by atoms with E-state index in [2.05, 4.69) is 784 Å². The molecule has 0 atom stereocenters. The number of ether oxygens (including phenoxy) is 5. The van der Waals surface area contributed by atoms with Gasteiger partial charge in [0.25, 0.3) is 0 Å². The van der Waals surface area contributed by atoms with Crippen LogP contribution in [0.3, 0.4) is 0 Å². The number of likely N-dealkylation sites (tertiary alicyclic amines) is 2. The van der Waals surface area contributed by atoms with Gasteiger partial charge in [0, 0.05) is 57.1 Å². The van der Waals surface area contributed by atoms with Crippen molar-refractivity contribution in [2.45, 2.75) is 106 Å². The first-order chi connectivity index (χ1) is 67.7. The minimum atomic E-state index is -1.00. The Hall–Kier alpha value is 51.7. The van der Waals surface area contributed by atoms with Crippen LogP contribution in [-0.2, 0) is 38.3 Å². The van der Waals surface area contributed by atoms with Gasteiger partial charge < -0.3 is 43.9 Å². The Morgan fingerprint density at radius 3 is 0.687 bits per heavy atom. The van der Waals surface area contributed by atoms with Gasteiger partial charge >= 0.3 is 1080 Å². The van der Waals surface area contributed by atoms with E-state index in [-0.39, 0.29) is 85.7 Å². The molecule has 3 aliphatic heterocycles. The Labute approximate surface area is 1420 Å². The maximum absolute atomic E-state index is 12.1. The van der Waals surface area contributed by atoms with Crippen LogP contribution in [0.25, 0.3) is 0 Å². The second kappa shape index (κ2) is 122. The Morgan fingerprint density at radius 1 is 0.313 bits per heavy atom. The van der Waals surface area contributed by atoms with E-state index >= 15 is 0 Å². The average Bonchev–Trinajstić information content (AvgIpc) is 0.824. The van der Waals surface area contributed by atoms with E-state index in [0.29, 0.717) is 106 Å². The fraction of sp³-hybridized carbons (Fsp3) is 0.600. The normalized spacial score (nSPS) is 16.7. The van der Waals surface area contributed by atoms with Gasteiger partial charge in [0.15, 0.2) is 17.2 Å². The third kappa shape index (κ3) is 85.4. The van der Waals surface area contributed by atoms with E-state index in [1.54, 1.807) is 52.2 Å². The number of nitrogens with zero attached hydrogens (tertiary/aromatic N) is 5. The zero-order valence-electron chi connectivity index (χ0n) is 70.9. The predicted molar refractivity (Wildman–Crippen MR) is 1330 cm³/mol. The third-order valence-electron chi connectivity index (χ3n) is 14.7. The van der Waals surface area contributed by atoms with Gasteiger partial charge in [-0.15, -0.1) is 24.8 Å². The molecule has 6 heterocycles. The first-order valence-corrected chi connectivity index (χ1v) is 506. The van der Waals surface area contributed by atoms with Crippen molar-refractivity contribution in [3.8, 4) is 17.2 Å². The van der Waals surface area contributed by atoms with E-state index in [9.17, 15) is 29.1 Å². The minimum absolute atomic E-state index is 0. The topological polar surface area (TPSA) is 209 Å². The Kier molecular flexibility index (Phi) is 166. The SMILES string of the molecule is CCOC(=O)c1cc(CC2CCN(C(C)=O)CC2)ncc1OCC.CCOC(=O)c1cc(CC2CCNCC2)ncc1OCC.CCOc1cnc(CC2CCN(C(C)=O)CC2)cc1C(=O)O.Cl.Cl.II(I)I(I)I(I)I(I)I(I)I(I)I(I)I(I)I(I)I(I)I(I)I(I)I.I[I-]I(I)I(I)I(I)I(I)I(I)I(I)I(I)I(I)I(I)I(I)I(I)I.I[I-]I(I)I(I)I(I)I(I)I(I)I(I)I(I)I(I)I(I)I(I)I(I)I(I)I. The van der Waals surface area contributed by atoms with Crippen LogP contribution >= 0.6 is 1060 Å². The number of aromatic nitrogens is 3. The molecular formula is C50H74Cl2I78N6O11-2. The molecular weight excluding hydrogens is 10800 g/mol. The van der Waals surface area contributed by atoms with Gasteiger partial charge in [0.1, 0.15) is 16.7 Å². The van der Waals surface area contributed by atoms with Crippen LogP contribution < -0.4 is 46.0 Å². The summed E-state index contributed by atoms with van der Waals surface area (Å²) in [6, 6.07) is 5.20. The quantitative estimate of drug-likeness (QED) is 0.0398. The number of halogens is 80. The number of nitrogens with one attached hydrogen (secondary N) is 1. The molecule has 3 aromatic heterocycles. The molecule has 0 aliphatic carbocycles. The standard InChI is InChI=1S/C18H26N2O4.C16H22N2O4.C16H24N2O3.2ClH.I27.I26.I25/c1-4-23-17-12-19-15(11-16(17)18(22)24-5-2)10-14-6-8-20(9-7-14)13(3)21;1-3-22-15-10-17-13(9-14(15)16(20)21)8-12-4-6-18(7-5-12)11(2)19;1-3-20-15-11-18-13(9-12-5-7-17-8-6-12)10-14(15)16(19)21-4-2;;;1-15-17(4)19(6)21(8)23(10)25(12)27(14)26(13)24(11)22(9)20(7)18(5)16(2)3;1-15(2)17(5)19(7)21(9)23(11)25(13)26(14)24(12)22(10)20(8)18(6)16(3)4;1-14-16(4)18(6)20(8)22(10)24(12)25(13)23(11)21(9)19(7)17(5)15(2)3/h11-12,14H,4-10H2,1-3H3;9-10,12H,3-8H2,1-2H3,(H,20,21);10-12,17H,3-9H2,1-2H3;2*1H;;;/q;;;;;-1;;-1. The van der Waals surface area contributed by atoms with Crippen LogP contribution in [-0.4, -0.2) is 132 Å². The number of hydrogen-bond donors (Lipinski definition) is 2. The van der Waals surface area contributed by atoms with Gasteiger partial charge in [-0.2, -0.15) is 0 Å². The first kappa shape index (κ1) is 201. The molecule has 3 aromatic rings. The third-order valence-corrected chi connectivity index (χ3v) is 5470. The molecule has 0 unspecified atom stereocenters. The van der Waals surface area contributed by atoms with Gasteiger partial charge in [-0.1, -0.05) is 0 Å². The van der Waals surface area contributed by atoms with E-state index < -0.39 is 251 Å². The van der Waals surface area contributed by atoms with Crippen molar-refractivity contribution in [3.63, 3.8) is 0 Å². The van der Waals surface area contributed by atoms with Crippen molar-refractivity contribution in [2.75, 3.05) is 72.3 Å². The zero-order chi connectivity index (χ0) is 111. The zero-order valence-corrected chi connectivity index (χ0v) is 241. The van der Waals surface area contributed by atoms with Gasteiger partial charge in [-0.05, 0) is 141 Å². The summed E-state index contributed by atoms with van der Waals surface area (Å²) in [5.74, 6) is 1.35. The van der Waals surface area contributed by atoms with Crippen molar-refractivity contribution in [1.82, 2.24) is 30.1 Å². The molecule has 3 aliphatic rings. The summed E-state index contributed by atoms with van der Waals surface area (Å²) in [6.45, 7) is 19.7. The molecule has 2 N–H and O–H groups in total. The fourth-order valence-corrected chi connectivity index (χ4v) is 12600. The molecule has 6 rings (SSSR count). The number of piperidine rings is 3. The van der Waals surface area contributed by atoms with Gasteiger partial charge in [0.05, 0.1) is 51.6 Å². The summed E-state index contributed by atoms with van der Waals surface area (Å²) in [5.41, 5.74) is 3.65. The summed E-state index contributed by atoms with van der Waals surface area (Å²) in [6.07, 6.45) is 13.3. The summed E-state index contributed by atoms with van der Waals surface area (Å²) in [4.78, 5) is 75.1. The van der Waals surface area contributed by atoms with Crippen LogP contribution in [0.5, 0.6) is 17.2 Å². The molecule has 932 valence electrons. The van der Waals surface area contributed by atoms with E-state index in [0.717, 1.165) is 114 Å². The maximum atomic E-state index is 12.1. The summed E-state index contributed by atoms with van der Waals surface area (Å²) in [7, 11) is -15.1. The van der Waals surface area contributed by atoms with Crippen LogP contribution in [0.4, 0.5) is 0 Å². The Balaban J connectivity index is 0. The molecule has 17 nitrogen and oxygen atoms in total. The second-order valence-corrected chi connectivity index (χ2v) is 1760. The van der Waals surface area contributed by atoms with Crippen LogP contribution in [0, 0.1) is 17.8 Å². The number of esters is 2. The number of hydrogen-bond acceptors (Lipinski definition) is 14. The van der Waals surface area contributed by atoms with Crippen LogP contribution in [0.1, 0.15) is 135 Å². The van der Waals surface area contributed by atoms with Crippen molar-refractivity contribution >= 4 is 1090 Å². The number of carbonyl (C=O) groups is 5. The number of carboxylic acid groups (broad SMARTS) is 1. The Bertz CT molecular complexity index is 4120. The number of carbonyl (C=O) groups excluding carboxylic acids is 4. The number of pyridine rings is 3. The van der Waals surface area contributed by atoms with Gasteiger partial charge in [-0.3, -0.25) is 24.5 Å². The van der Waals surface area contributed by atoms with Crippen molar-refractivity contribution in [3.05, 3.63) is 70.6 Å². The van der Waals surface area contributed by atoms with E-state index in [4.69, 9.17) is 23.7 Å². The molecule has 0 bridgehead atoms. The molecule has 0 radical (unpaired) electrons. The monoisotopic (exact) mass is 10900 g/mol. The van der Waals surface area contributed by atoms with Crippen molar-refractivity contribution in [1.29, 1.82) is 0 Å². The second-order valence-electron chi connectivity index (χ2n) is 22.5. The summed E-state index contributed by atoms with van der Waals surface area (Å²) >= 11 is 129. The van der Waals surface area contributed by atoms with Gasteiger partial charge in [0.2, 0.25) is 11.8 Å². The number of aromatic carboxylic acids is 1.